The lowest BCUT2D eigenvalue weighted by Crippen LogP contribution is -2.42. The molecule has 1 aromatic rings. The monoisotopic (exact) mass is 360 g/mol. The van der Waals surface area contributed by atoms with E-state index in [0.717, 1.165) is 11.8 Å². The van der Waals surface area contributed by atoms with Crippen molar-refractivity contribution in [2.45, 2.75) is 13.0 Å². The Labute approximate surface area is 153 Å². The van der Waals surface area contributed by atoms with Crippen molar-refractivity contribution in [1.82, 2.24) is 9.80 Å². The lowest BCUT2D eigenvalue weighted by molar-refractivity contribution is -0.129. The van der Waals surface area contributed by atoms with Crippen LogP contribution >= 0.6 is 0 Å². The molecule has 0 aromatic heterocycles. The van der Waals surface area contributed by atoms with Gasteiger partial charge in [0, 0.05) is 25.8 Å². The number of nitrogens with zero attached hydrogens (tertiary/aromatic N) is 2. The van der Waals surface area contributed by atoms with E-state index in [1.165, 1.54) is 0 Å². The van der Waals surface area contributed by atoms with Gasteiger partial charge < -0.3 is 28.8 Å². The quantitative estimate of drug-likeness (QED) is 0.741. The molecule has 0 radical (unpaired) electrons. The fourth-order valence-electron chi connectivity index (χ4n) is 3.41. The summed E-state index contributed by atoms with van der Waals surface area (Å²) < 4.78 is 16.1. The maximum absolute atomic E-state index is 13.1. The van der Waals surface area contributed by atoms with Gasteiger partial charge in [-0.25, -0.2) is 0 Å². The van der Waals surface area contributed by atoms with Crippen LogP contribution < -0.4 is 9.47 Å². The highest BCUT2D eigenvalue weighted by Crippen LogP contribution is 2.41. The van der Waals surface area contributed by atoms with E-state index in [1.807, 2.05) is 11.8 Å². The first-order valence-electron chi connectivity index (χ1n) is 8.70. The predicted molar refractivity (Wildman–Crippen MR) is 96.1 cm³/mol. The van der Waals surface area contributed by atoms with Crippen molar-refractivity contribution < 1.29 is 23.8 Å². The van der Waals surface area contributed by atoms with Crippen molar-refractivity contribution >= 4 is 17.8 Å². The number of hydrogen-bond donors (Lipinski definition) is 0. The number of ether oxygens (including phenoxy) is 3. The Hall–Kier alpha value is -2.54. The number of benzene rings is 1. The molecule has 2 aliphatic rings. The minimum atomic E-state index is -0.462. The zero-order valence-corrected chi connectivity index (χ0v) is 15.4. The van der Waals surface area contributed by atoms with Gasteiger partial charge in [-0.1, -0.05) is 0 Å². The topological polar surface area (TPSA) is 68.3 Å². The molecule has 1 aromatic carbocycles. The largest absolute Gasteiger partial charge is 0.493 e. The third kappa shape index (κ3) is 3.14. The third-order valence-electron chi connectivity index (χ3n) is 4.84. The molecule has 2 heterocycles. The fourth-order valence-corrected chi connectivity index (χ4v) is 3.41. The second-order valence-electron chi connectivity index (χ2n) is 6.15. The zero-order valence-electron chi connectivity index (χ0n) is 15.4. The van der Waals surface area contributed by atoms with E-state index >= 15 is 0 Å². The predicted octanol–water partition coefficient (Wildman–Crippen LogP) is 1.48. The van der Waals surface area contributed by atoms with Crippen molar-refractivity contribution in [1.29, 1.82) is 0 Å². The molecule has 1 unspecified atom stereocenters. The number of morpholine rings is 1. The van der Waals surface area contributed by atoms with Crippen LogP contribution in [0, 0.1) is 0 Å². The number of carbonyl (C=O) groups excluding carboxylic acids is 2. The van der Waals surface area contributed by atoms with Crippen LogP contribution in [0.2, 0.25) is 0 Å². The first kappa shape index (κ1) is 18.3. The molecule has 7 nitrogen and oxygen atoms in total. The number of aldehydes is 1. The molecule has 0 N–H and O–H groups in total. The number of amides is 1. The molecule has 1 amide bonds. The highest BCUT2D eigenvalue weighted by atomic mass is 16.5. The van der Waals surface area contributed by atoms with Gasteiger partial charge in [0.15, 0.2) is 11.5 Å². The Balaban J connectivity index is 2.11. The normalized spacial score (nSPS) is 19.5. The van der Waals surface area contributed by atoms with Crippen molar-refractivity contribution in [3.63, 3.8) is 0 Å². The summed E-state index contributed by atoms with van der Waals surface area (Å²) in [5, 5.41) is 0. The smallest absolute Gasteiger partial charge is 0.256 e. The van der Waals surface area contributed by atoms with E-state index in [4.69, 9.17) is 14.2 Å². The van der Waals surface area contributed by atoms with E-state index < -0.39 is 6.04 Å². The van der Waals surface area contributed by atoms with E-state index in [-0.39, 0.29) is 5.91 Å². The van der Waals surface area contributed by atoms with Gasteiger partial charge in [0.1, 0.15) is 12.3 Å². The number of methoxy groups -OCH3 is 2. The molecule has 26 heavy (non-hydrogen) atoms. The van der Waals surface area contributed by atoms with Crippen LogP contribution in [0.15, 0.2) is 18.3 Å². The molecule has 1 atom stereocenters. The van der Waals surface area contributed by atoms with Gasteiger partial charge in [0.25, 0.3) is 5.91 Å². The van der Waals surface area contributed by atoms with Gasteiger partial charge in [-0.2, -0.15) is 0 Å². The summed E-state index contributed by atoms with van der Waals surface area (Å²) in [7, 11) is 3.10. The lowest BCUT2D eigenvalue weighted by Gasteiger charge is -2.35. The van der Waals surface area contributed by atoms with Crippen molar-refractivity contribution in [2.75, 3.05) is 47.1 Å². The zero-order chi connectivity index (χ0) is 18.7. The SMILES string of the molecule is CCN1C=C(C(=O)N2CCOCC2)c2cc(OC)c(OC)cc2C1C=O. The summed E-state index contributed by atoms with van der Waals surface area (Å²) in [5.41, 5.74) is 2.02. The summed E-state index contributed by atoms with van der Waals surface area (Å²) in [6.07, 6.45) is 2.67. The van der Waals surface area contributed by atoms with E-state index in [0.29, 0.717) is 55.5 Å². The Morgan fingerprint density at radius 2 is 1.88 bits per heavy atom. The molecule has 3 rings (SSSR count). The van der Waals surface area contributed by atoms with Crippen LogP contribution in [-0.2, 0) is 14.3 Å². The fraction of sp³-hybridized carbons (Fsp3) is 0.474. The number of carbonyl (C=O) groups is 2. The van der Waals surface area contributed by atoms with Crippen LogP contribution in [0.4, 0.5) is 0 Å². The molecular weight excluding hydrogens is 336 g/mol. The van der Waals surface area contributed by atoms with Crippen LogP contribution in [0.25, 0.3) is 5.57 Å². The molecular formula is C19H24N2O5. The van der Waals surface area contributed by atoms with Gasteiger partial charge in [-0.05, 0) is 30.2 Å². The average molecular weight is 360 g/mol. The maximum atomic E-state index is 13.1. The molecule has 1 saturated heterocycles. The van der Waals surface area contributed by atoms with Gasteiger partial charge in [0.2, 0.25) is 0 Å². The van der Waals surface area contributed by atoms with E-state index in [1.54, 1.807) is 37.5 Å². The van der Waals surface area contributed by atoms with Crippen molar-refractivity contribution in [3.05, 3.63) is 29.5 Å². The Morgan fingerprint density at radius 1 is 1.23 bits per heavy atom. The van der Waals surface area contributed by atoms with E-state index in [9.17, 15) is 9.59 Å². The maximum Gasteiger partial charge on any atom is 0.256 e. The van der Waals surface area contributed by atoms with Crippen molar-refractivity contribution in [3.8, 4) is 11.5 Å². The Bertz CT molecular complexity index is 725. The van der Waals surface area contributed by atoms with E-state index in [2.05, 4.69) is 0 Å². The summed E-state index contributed by atoms with van der Waals surface area (Å²) in [5.74, 6) is 1.00. The summed E-state index contributed by atoms with van der Waals surface area (Å²) in [6, 6.07) is 3.10. The Morgan fingerprint density at radius 3 is 2.46 bits per heavy atom. The van der Waals surface area contributed by atoms with Crippen LogP contribution in [0.1, 0.15) is 24.1 Å². The van der Waals surface area contributed by atoms with Crippen molar-refractivity contribution in [2.24, 2.45) is 0 Å². The highest BCUT2D eigenvalue weighted by molar-refractivity contribution is 6.20. The first-order chi connectivity index (χ1) is 12.6. The minimum absolute atomic E-state index is 0.0652. The second-order valence-corrected chi connectivity index (χ2v) is 6.15. The second kappa shape index (κ2) is 7.78. The first-order valence-corrected chi connectivity index (χ1v) is 8.70. The minimum Gasteiger partial charge on any atom is -0.493 e. The standard InChI is InChI=1S/C19H24N2O5/c1-4-20-11-15(19(23)21-5-7-26-8-6-21)13-9-17(24-2)18(25-3)10-14(13)16(20)12-22/h9-12,16H,4-8H2,1-3H3. The van der Waals surface area contributed by atoms with Gasteiger partial charge in [0.05, 0.1) is 33.0 Å². The number of rotatable bonds is 5. The third-order valence-corrected chi connectivity index (χ3v) is 4.84. The Kier molecular flexibility index (Phi) is 5.46. The molecule has 2 aliphatic heterocycles. The van der Waals surface area contributed by atoms with Gasteiger partial charge in [-0.15, -0.1) is 0 Å². The molecule has 0 saturated carbocycles. The average Bonchev–Trinajstić information content (AvgIpc) is 2.71. The molecule has 7 heteroatoms. The van der Waals surface area contributed by atoms with Crippen LogP contribution in [-0.4, -0.2) is 69.1 Å². The molecule has 140 valence electrons. The van der Waals surface area contributed by atoms with Gasteiger partial charge >= 0.3 is 0 Å². The summed E-state index contributed by atoms with van der Waals surface area (Å²) in [4.78, 5) is 28.6. The molecule has 0 spiro atoms. The summed E-state index contributed by atoms with van der Waals surface area (Å²) >= 11 is 0. The molecule has 0 bridgehead atoms. The lowest BCUT2D eigenvalue weighted by atomic mass is 9.90. The molecule has 0 aliphatic carbocycles. The number of hydrogen-bond acceptors (Lipinski definition) is 6. The van der Waals surface area contributed by atoms with Gasteiger partial charge in [-0.3, -0.25) is 4.79 Å². The molecule has 1 fully saturated rings. The number of fused-ring (bicyclic) bond motifs is 1. The number of likely N-dealkylation sites (N-methyl/N-ethyl adjacent to an activating group) is 1. The van der Waals surface area contributed by atoms with Crippen LogP contribution in [0.3, 0.4) is 0 Å². The highest BCUT2D eigenvalue weighted by Gasteiger charge is 2.33. The summed E-state index contributed by atoms with van der Waals surface area (Å²) in [6.45, 7) is 4.75. The van der Waals surface area contributed by atoms with Crippen LogP contribution in [0.5, 0.6) is 11.5 Å².